The molecule has 25 heavy (non-hydrogen) atoms. The number of allylic oxidation sites excluding steroid dienone is 4. The smallest absolute Gasteiger partial charge is 0.312 e. The summed E-state index contributed by atoms with van der Waals surface area (Å²) < 4.78 is 0. The minimum Gasteiger partial charge on any atom is -0.312 e. The molecule has 4 heteroatoms. The fourth-order valence-electron chi connectivity index (χ4n) is 2.49. The fourth-order valence-corrected chi connectivity index (χ4v) is 2.49. The van der Waals surface area contributed by atoms with E-state index in [2.05, 4.69) is 25.9 Å². The van der Waals surface area contributed by atoms with E-state index in [-0.39, 0.29) is 17.1 Å². The molecule has 0 heterocycles. The molecule has 0 spiro atoms. The Kier molecular flexibility index (Phi) is 5.41. The summed E-state index contributed by atoms with van der Waals surface area (Å²) in [5, 5.41) is 3.95. The second kappa shape index (κ2) is 7.18. The van der Waals surface area contributed by atoms with E-state index in [0.717, 1.165) is 5.56 Å². The van der Waals surface area contributed by atoms with Crippen molar-refractivity contribution in [2.75, 3.05) is 0 Å². The van der Waals surface area contributed by atoms with Crippen molar-refractivity contribution < 1.29 is 14.4 Å². The van der Waals surface area contributed by atoms with Crippen molar-refractivity contribution in [1.29, 1.82) is 0 Å². The molecule has 1 aliphatic rings. The minimum atomic E-state index is -0.517. The Bertz CT molecular complexity index is 772. The van der Waals surface area contributed by atoms with E-state index in [1.807, 2.05) is 26.0 Å². The SMILES string of the molecule is CC1=CC(=O)C(C(C)C)=CC1=NOC(=O)c1ccc(C(C)(C)C)cc1. The van der Waals surface area contributed by atoms with Crippen LogP contribution in [-0.2, 0) is 15.0 Å². The number of carbonyl (C=O) groups is 2. The maximum absolute atomic E-state index is 12.2. The molecule has 1 aliphatic carbocycles. The van der Waals surface area contributed by atoms with Gasteiger partial charge in [0.1, 0.15) is 5.71 Å². The Morgan fingerprint density at radius 3 is 2.20 bits per heavy atom. The summed E-state index contributed by atoms with van der Waals surface area (Å²) in [5.74, 6) is -0.449. The Morgan fingerprint density at radius 1 is 1.08 bits per heavy atom. The standard InChI is InChI=1S/C21H25NO3/c1-13(2)17-12-18(14(3)11-19(17)23)22-25-20(24)15-7-9-16(10-8-15)21(4,5)6/h7-13H,1-6H3. The van der Waals surface area contributed by atoms with E-state index in [4.69, 9.17) is 4.84 Å². The summed E-state index contributed by atoms with van der Waals surface area (Å²) in [6.07, 6.45) is 3.22. The van der Waals surface area contributed by atoms with Crippen LogP contribution < -0.4 is 0 Å². The Balaban J connectivity index is 2.16. The van der Waals surface area contributed by atoms with Crippen LogP contribution in [0.4, 0.5) is 0 Å². The van der Waals surface area contributed by atoms with Gasteiger partial charge in [0.2, 0.25) is 0 Å². The normalized spacial score (nSPS) is 16.8. The van der Waals surface area contributed by atoms with Crippen molar-refractivity contribution in [3.05, 3.63) is 58.7 Å². The van der Waals surface area contributed by atoms with E-state index in [1.165, 1.54) is 6.08 Å². The van der Waals surface area contributed by atoms with Crippen LogP contribution in [0.1, 0.15) is 57.5 Å². The first-order chi connectivity index (χ1) is 11.6. The zero-order valence-electron chi connectivity index (χ0n) is 15.7. The monoisotopic (exact) mass is 339 g/mol. The molecular weight excluding hydrogens is 314 g/mol. The van der Waals surface area contributed by atoms with Crippen LogP contribution in [0.25, 0.3) is 0 Å². The van der Waals surface area contributed by atoms with Crippen molar-refractivity contribution in [3.63, 3.8) is 0 Å². The molecule has 0 fully saturated rings. The molecular formula is C21H25NO3. The minimum absolute atomic E-state index is 0.0180. The van der Waals surface area contributed by atoms with Gasteiger partial charge in [-0.2, -0.15) is 0 Å². The number of benzene rings is 1. The molecule has 0 radical (unpaired) electrons. The zero-order chi connectivity index (χ0) is 18.8. The van der Waals surface area contributed by atoms with Crippen molar-refractivity contribution in [2.45, 2.75) is 47.0 Å². The molecule has 0 amide bonds. The lowest BCUT2D eigenvalue weighted by Crippen LogP contribution is -2.16. The summed E-state index contributed by atoms with van der Waals surface area (Å²) in [7, 11) is 0. The van der Waals surface area contributed by atoms with Crippen LogP contribution in [0.5, 0.6) is 0 Å². The molecule has 0 aromatic heterocycles. The summed E-state index contributed by atoms with van der Waals surface area (Å²) in [4.78, 5) is 29.2. The van der Waals surface area contributed by atoms with Gasteiger partial charge in [0.05, 0.1) is 5.56 Å². The molecule has 4 nitrogen and oxygen atoms in total. The van der Waals surface area contributed by atoms with Gasteiger partial charge in [-0.1, -0.05) is 51.9 Å². The highest BCUT2D eigenvalue weighted by Crippen LogP contribution is 2.23. The van der Waals surface area contributed by atoms with Crippen LogP contribution in [-0.4, -0.2) is 17.5 Å². The molecule has 1 aromatic carbocycles. The van der Waals surface area contributed by atoms with Crippen molar-refractivity contribution in [3.8, 4) is 0 Å². The largest absolute Gasteiger partial charge is 0.365 e. The lowest BCUT2D eigenvalue weighted by molar-refractivity contribution is -0.111. The van der Waals surface area contributed by atoms with Crippen LogP contribution in [0.2, 0.25) is 0 Å². The maximum atomic E-state index is 12.2. The Hall–Kier alpha value is -2.49. The number of hydrogen-bond acceptors (Lipinski definition) is 4. The van der Waals surface area contributed by atoms with Gasteiger partial charge in [0.15, 0.2) is 5.78 Å². The predicted octanol–water partition coefficient (Wildman–Crippen LogP) is 4.61. The molecule has 0 N–H and O–H groups in total. The molecule has 0 saturated heterocycles. The second-order valence-corrected chi connectivity index (χ2v) is 7.63. The van der Waals surface area contributed by atoms with Crippen LogP contribution in [0.3, 0.4) is 0 Å². The van der Waals surface area contributed by atoms with Gasteiger partial charge in [-0.05, 0) is 53.7 Å². The summed E-state index contributed by atoms with van der Waals surface area (Å²) >= 11 is 0. The molecule has 0 unspecified atom stereocenters. The van der Waals surface area contributed by atoms with E-state index < -0.39 is 5.97 Å². The van der Waals surface area contributed by atoms with Gasteiger partial charge < -0.3 is 4.84 Å². The van der Waals surface area contributed by atoms with Gasteiger partial charge in [0.25, 0.3) is 0 Å². The Labute approximate surface area is 149 Å². The third-order valence-electron chi connectivity index (χ3n) is 4.16. The molecule has 0 saturated carbocycles. The Morgan fingerprint density at radius 2 is 1.68 bits per heavy atom. The topological polar surface area (TPSA) is 55.7 Å². The van der Waals surface area contributed by atoms with Gasteiger partial charge in [0, 0.05) is 5.57 Å². The average Bonchev–Trinajstić information content (AvgIpc) is 2.52. The number of hydrogen-bond donors (Lipinski definition) is 0. The molecule has 0 atom stereocenters. The van der Waals surface area contributed by atoms with E-state index in [9.17, 15) is 9.59 Å². The summed E-state index contributed by atoms with van der Waals surface area (Å²) in [5.41, 5.74) is 3.46. The first kappa shape index (κ1) is 18.8. The van der Waals surface area contributed by atoms with E-state index >= 15 is 0 Å². The summed E-state index contributed by atoms with van der Waals surface area (Å²) in [6, 6.07) is 7.33. The van der Waals surface area contributed by atoms with Crippen molar-refractivity contribution in [1.82, 2.24) is 0 Å². The quantitative estimate of drug-likeness (QED) is 0.459. The summed E-state index contributed by atoms with van der Waals surface area (Å²) in [6.45, 7) is 12.0. The van der Waals surface area contributed by atoms with Crippen LogP contribution >= 0.6 is 0 Å². The third kappa shape index (κ3) is 4.53. The van der Waals surface area contributed by atoms with E-state index in [1.54, 1.807) is 25.1 Å². The van der Waals surface area contributed by atoms with Crippen molar-refractivity contribution in [2.24, 2.45) is 11.1 Å². The van der Waals surface area contributed by atoms with Gasteiger partial charge in [-0.25, -0.2) is 4.79 Å². The molecule has 132 valence electrons. The molecule has 0 bridgehead atoms. The average molecular weight is 339 g/mol. The van der Waals surface area contributed by atoms with Crippen molar-refractivity contribution >= 4 is 17.5 Å². The van der Waals surface area contributed by atoms with Gasteiger partial charge in [-0.3, -0.25) is 4.79 Å². The van der Waals surface area contributed by atoms with Crippen LogP contribution in [0, 0.1) is 5.92 Å². The molecule has 1 aromatic rings. The lowest BCUT2D eigenvalue weighted by atomic mass is 9.87. The first-order valence-corrected chi connectivity index (χ1v) is 8.44. The number of rotatable bonds is 3. The fraction of sp³-hybridized carbons (Fsp3) is 0.381. The predicted molar refractivity (Wildman–Crippen MR) is 99.7 cm³/mol. The second-order valence-electron chi connectivity index (χ2n) is 7.63. The van der Waals surface area contributed by atoms with E-state index in [0.29, 0.717) is 22.4 Å². The highest BCUT2D eigenvalue weighted by molar-refractivity contribution is 6.21. The zero-order valence-corrected chi connectivity index (χ0v) is 15.7. The third-order valence-corrected chi connectivity index (χ3v) is 4.16. The number of ketones is 1. The maximum Gasteiger partial charge on any atom is 0.365 e. The first-order valence-electron chi connectivity index (χ1n) is 8.44. The lowest BCUT2D eigenvalue weighted by Gasteiger charge is -2.18. The number of carbonyl (C=O) groups excluding carboxylic acids is 2. The highest BCUT2D eigenvalue weighted by Gasteiger charge is 2.20. The van der Waals surface area contributed by atoms with Gasteiger partial charge >= 0.3 is 5.97 Å². The number of nitrogens with zero attached hydrogens (tertiary/aromatic N) is 1. The molecule has 0 aliphatic heterocycles. The van der Waals surface area contributed by atoms with Crippen LogP contribution in [0.15, 0.2) is 52.7 Å². The highest BCUT2D eigenvalue weighted by atomic mass is 16.7. The molecule has 2 rings (SSSR count). The number of oxime groups is 1. The van der Waals surface area contributed by atoms with Gasteiger partial charge in [-0.15, -0.1) is 0 Å².